The van der Waals surface area contributed by atoms with Gasteiger partial charge in [0.25, 0.3) is 0 Å². The van der Waals surface area contributed by atoms with Crippen molar-refractivity contribution in [2.75, 3.05) is 55.6 Å². The summed E-state index contributed by atoms with van der Waals surface area (Å²) in [5, 5.41) is 6.63. The van der Waals surface area contributed by atoms with Crippen LogP contribution in [0.3, 0.4) is 0 Å². The molecule has 0 saturated heterocycles. The first kappa shape index (κ1) is 25.1. The van der Waals surface area contributed by atoms with Gasteiger partial charge >= 0.3 is 0 Å². The van der Waals surface area contributed by atoms with Crippen LogP contribution in [0.25, 0.3) is 0 Å². The van der Waals surface area contributed by atoms with Crippen LogP contribution in [0.1, 0.15) is 17.5 Å². The number of nitrogens with one attached hydrogen (secondary N) is 2. The molecule has 0 radical (unpaired) electrons. The SMILES string of the molecule is CN=C(NCc1ccc(OCCCN(C)C)cc1)NCc1cc(OC)c(OC)c(OC)c1. The Balaban J connectivity index is 1.86. The highest BCUT2D eigenvalue weighted by Crippen LogP contribution is 2.38. The van der Waals surface area contributed by atoms with Gasteiger partial charge in [0, 0.05) is 26.7 Å². The first-order chi connectivity index (χ1) is 15.5. The maximum absolute atomic E-state index is 5.79. The summed E-state index contributed by atoms with van der Waals surface area (Å²) in [6.45, 7) is 2.93. The van der Waals surface area contributed by atoms with Crippen LogP contribution in [-0.4, -0.2) is 66.5 Å². The molecule has 0 aliphatic rings. The van der Waals surface area contributed by atoms with E-state index >= 15 is 0 Å². The molecular formula is C24H36N4O4. The predicted molar refractivity (Wildman–Crippen MR) is 128 cm³/mol. The van der Waals surface area contributed by atoms with Gasteiger partial charge in [0.15, 0.2) is 17.5 Å². The molecule has 0 aliphatic carbocycles. The Hall–Kier alpha value is -3.13. The Morgan fingerprint density at radius 1 is 0.875 bits per heavy atom. The van der Waals surface area contributed by atoms with E-state index in [1.807, 2.05) is 24.3 Å². The summed E-state index contributed by atoms with van der Waals surface area (Å²) in [5.41, 5.74) is 2.12. The van der Waals surface area contributed by atoms with Crippen molar-refractivity contribution < 1.29 is 18.9 Å². The molecule has 0 amide bonds. The third-order valence-electron chi connectivity index (χ3n) is 4.81. The lowest BCUT2D eigenvalue weighted by molar-refractivity contribution is 0.281. The number of benzene rings is 2. The maximum atomic E-state index is 5.79. The Morgan fingerprint density at radius 2 is 1.47 bits per heavy atom. The van der Waals surface area contributed by atoms with E-state index in [1.54, 1.807) is 28.4 Å². The fraction of sp³-hybridized carbons (Fsp3) is 0.458. The van der Waals surface area contributed by atoms with Crippen molar-refractivity contribution in [2.24, 2.45) is 4.99 Å². The minimum Gasteiger partial charge on any atom is -0.494 e. The molecule has 2 N–H and O–H groups in total. The van der Waals surface area contributed by atoms with E-state index < -0.39 is 0 Å². The van der Waals surface area contributed by atoms with E-state index in [2.05, 4.69) is 46.8 Å². The number of ether oxygens (including phenoxy) is 4. The smallest absolute Gasteiger partial charge is 0.203 e. The topological polar surface area (TPSA) is 76.6 Å². The Kier molecular flexibility index (Phi) is 10.5. The number of methoxy groups -OCH3 is 3. The largest absolute Gasteiger partial charge is 0.494 e. The average Bonchev–Trinajstić information content (AvgIpc) is 2.81. The molecule has 2 rings (SSSR count). The fourth-order valence-corrected chi connectivity index (χ4v) is 3.10. The van der Waals surface area contributed by atoms with Crippen LogP contribution in [0.2, 0.25) is 0 Å². The normalized spacial score (nSPS) is 11.3. The van der Waals surface area contributed by atoms with E-state index in [9.17, 15) is 0 Å². The van der Waals surface area contributed by atoms with Crippen LogP contribution < -0.4 is 29.6 Å². The summed E-state index contributed by atoms with van der Waals surface area (Å²) in [7, 11) is 10.7. The van der Waals surface area contributed by atoms with Crippen molar-refractivity contribution in [1.29, 1.82) is 0 Å². The molecule has 2 aromatic rings. The first-order valence-electron chi connectivity index (χ1n) is 10.6. The van der Waals surface area contributed by atoms with Gasteiger partial charge in [0.1, 0.15) is 5.75 Å². The van der Waals surface area contributed by atoms with E-state index in [0.29, 0.717) is 42.9 Å². The molecule has 176 valence electrons. The minimum atomic E-state index is 0.552. The van der Waals surface area contributed by atoms with Gasteiger partial charge in [-0.05, 0) is 55.9 Å². The number of nitrogens with zero attached hydrogens (tertiary/aromatic N) is 2. The molecule has 0 bridgehead atoms. The quantitative estimate of drug-likeness (QED) is 0.296. The monoisotopic (exact) mass is 444 g/mol. The molecule has 0 aromatic heterocycles. The van der Waals surface area contributed by atoms with Gasteiger partial charge in [-0.15, -0.1) is 0 Å². The lowest BCUT2D eigenvalue weighted by Crippen LogP contribution is -2.36. The number of aliphatic imine (C=N–C) groups is 1. The van der Waals surface area contributed by atoms with Crippen LogP contribution in [0.15, 0.2) is 41.4 Å². The van der Waals surface area contributed by atoms with Crippen LogP contribution in [0.4, 0.5) is 0 Å². The summed E-state index contributed by atoms with van der Waals surface area (Å²) in [4.78, 5) is 6.45. The molecule has 0 atom stereocenters. The zero-order chi connectivity index (χ0) is 23.3. The van der Waals surface area contributed by atoms with Crippen LogP contribution >= 0.6 is 0 Å². The number of guanidine groups is 1. The third-order valence-corrected chi connectivity index (χ3v) is 4.81. The van der Waals surface area contributed by atoms with E-state index in [4.69, 9.17) is 18.9 Å². The Morgan fingerprint density at radius 3 is 1.97 bits per heavy atom. The van der Waals surface area contributed by atoms with Gasteiger partial charge in [0.2, 0.25) is 5.75 Å². The van der Waals surface area contributed by atoms with E-state index in [0.717, 1.165) is 29.8 Å². The van der Waals surface area contributed by atoms with Gasteiger partial charge < -0.3 is 34.5 Å². The van der Waals surface area contributed by atoms with E-state index in [1.165, 1.54) is 0 Å². The Labute approximate surface area is 191 Å². The zero-order valence-electron chi connectivity index (χ0n) is 20.0. The second-order valence-corrected chi connectivity index (χ2v) is 7.46. The standard InChI is InChI=1S/C24H36N4O4/c1-25-24(27-17-19-14-21(29-4)23(31-6)22(15-19)30-5)26-16-18-8-10-20(11-9-18)32-13-7-12-28(2)3/h8-11,14-15H,7,12-13,16-17H2,1-6H3,(H2,25,26,27). The number of rotatable bonds is 12. The van der Waals surface area contributed by atoms with Crippen LogP contribution in [-0.2, 0) is 13.1 Å². The second-order valence-electron chi connectivity index (χ2n) is 7.46. The molecule has 0 fully saturated rings. The zero-order valence-corrected chi connectivity index (χ0v) is 20.0. The molecule has 0 unspecified atom stereocenters. The lowest BCUT2D eigenvalue weighted by Gasteiger charge is -2.16. The van der Waals surface area contributed by atoms with Crippen molar-refractivity contribution in [3.05, 3.63) is 47.5 Å². The van der Waals surface area contributed by atoms with Crippen molar-refractivity contribution in [3.63, 3.8) is 0 Å². The van der Waals surface area contributed by atoms with Crippen LogP contribution in [0.5, 0.6) is 23.0 Å². The van der Waals surface area contributed by atoms with Crippen molar-refractivity contribution in [3.8, 4) is 23.0 Å². The molecular weight excluding hydrogens is 408 g/mol. The minimum absolute atomic E-state index is 0.552. The van der Waals surface area contributed by atoms with Crippen molar-refractivity contribution >= 4 is 5.96 Å². The molecule has 32 heavy (non-hydrogen) atoms. The maximum Gasteiger partial charge on any atom is 0.203 e. The summed E-state index contributed by atoms with van der Waals surface area (Å²) in [6.07, 6.45) is 1.00. The highest BCUT2D eigenvalue weighted by molar-refractivity contribution is 5.79. The van der Waals surface area contributed by atoms with Gasteiger partial charge in [-0.1, -0.05) is 12.1 Å². The molecule has 8 heteroatoms. The van der Waals surface area contributed by atoms with Gasteiger partial charge in [-0.2, -0.15) is 0 Å². The lowest BCUT2D eigenvalue weighted by atomic mass is 10.2. The highest BCUT2D eigenvalue weighted by atomic mass is 16.5. The van der Waals surface area contributed by atoms with E-state index in [-0.39, 0.29) is 0 Å². The average molecular weight is 445 g/mol. The molecule has 0 spiro atoms. The Bertz CT molecular complexity index is 829. The molecule has 8 nitrogen and oxygen atoms in total. The molecule has 0 aliphatic heterocycles. The fourth-order valence-electron chi connectivity index (χ4n) is 3.10. The molecule has 2 aromatic carbocycles. The van der Waals surface area contributed by atoms with Crippen molar-refractivity contribution in [2.45, 2.75) is 19.5 Å². The van der Waals surface area contributed by atoms with Crippen LogP contribution in [0, 0.1) is 0 Å². The first-order valence-corrected chi connectivity index (χ1v) is 10.6. The van der Waals surface area contributed by atoms with Gasteiger partial charge in [-0.25, -0.2) is 0 Å². The summed E-state index contributed by atoms with van der Waals surface area (Å²) < 4.78 is 22.0. The molecule has 0 heterocycles. The summed E-state index contributed by atoms with van der Waals surface area (Å²) in [6, 6.07) is 11.9. The third kappa shape index (κ3) is 7.85. The summed E-state index contributed by atoms with van der Waals surface area (Å²) >= 11 is 0. The number of hydrogen-bond acceptors (Lipinski definition) is 6. The number of hydrogen-bond donors (Lipinski definition) is 2. The molecule has 0 saturated carbocycles. The van der Waals surface area contributed by atoms with Gasteiger partial charge in [0.05, 0.1) is 27.9 Å². The summed E-state index contributed by atoms with van der Waals surface area (Å²) in [5.74, 6) is 3.40. The highest BCUT2D eigenvalue weighted by Gasteiger charge is 2.13. The second kappa shape index (κ2) is 13.3. The van der Waals surface area contributed by atoms with Crippen molar-refractivity contribution in [1.82, 2.24) is 15.5 Å². The predicted octanol–water partition coefficient (Wildman–Crippen LogP) is 2.91. The van der Waals surface area contributed by atoms with Gasteiger partial charge in [-0.3, -0.25) is 4.99 Å².